The summed E-state index contributed by atoms with van der Waals surface area (Å²) in [6, 6.07) is 18.4. The van der Waals surface area contributed by atoms with Gasteiger partial charge in [0.15, 0.2) is 0 Å². The van der Waals surface area contributed by atoms with Gasteiger partial charge < -0.3 is 5.32 Å². The van der Waals surface area contributed by atoms with Crippen LogP contribution in [0, 0.1) is 0 Å². The fraction of sp³-hybridized carbons (Fsp3) is 0.217. The van der Waals surface area contributed by atoms with Crippen LogP contribution in [0.1, 0.15) is 35.1 Å². The van der Waals surface area contributed by atoms with Gasteiger partial charge in [0, 0.05) is 40.6 Å². The molecular formula is C23H19Cl2N3. The molecule has 1 fully saturated rings. The molecule has 1 aromatic heterocycles. The molecule has 2 aliphatic rings. The van der Waals surface area contributed by atoms with Gasteiger partial charge in [0.05, 0.1) is 11.1 Å². The lowest BCUT2D eigenvalue weighted by molar-refractivity contribution is 0.270. The highest BCUT2D eigenvalue weighted by atomic mass is 35.5. The Labute approximate surface area is 174 Å². The molecule has 0 aliphatic carbocycles. The standard InChI is InChI=1S/C23H19Cl2N3/c24-17-5-1-3-15(11-17)19-8-10-27-22(16-4-2-9-26-13-16)23(19)14-28-21-12-18(25)6-7-20(21)23/h1-7,9,11-14,19,22,27H,8,10H2/t19-,22+,23-/m0/s1. The maximum Gasteiger partial charge on any atom is 0.0683 e. The smallest absolute Gasteiger partial charge is 0.0683 e. The first-order chi connectivity index (χ1) is 13.7. The second-order valence-corrected chi connectivity index (χ2v) is 8.30. The average Bonchev–Trinajstić information content (AvgIpc) is 3.07. The van der Waals surface area contributed by atoms with Crippen LogP contribution in [0.15, 0.2) is 72.0 Å². The molecule has 0 unspecified atom stereocenters. The molecule has 0 saturated carbocycles. The summed E-state index contributed by atoms with van der Waals surface area (Å²) in [5.41, 5.74) is 4.20. The molecule has 5 heteroatoms. The van der Waals surface area contributed by atoms with Gasteiger partial charge in [0.2, 0.25) is 0 Å². The molecule has 5 rings (SSSR count). The van der Waals surface area contributed by atoms with E-state index in [1.807, 2.05) is 42.7 Å². The van der Waals surface area contributed by atoms with Gasteiger partial charge in [-0.2, -0.15) is 0 Å². The predicted octanol–water partition coefficient (Wildman–Crippen LogP) is 5.86. The Morgan fingerprint density at radius 1 is 0.964 bits per heavy atom. The highest BCUT2D eigenvalue weighted by molar-refractivity contribution is 6.31. The van der Waals surface area contributed by atoms with Gasteiger partial charge in [-0.1, -0.05) is 47.5 Å². The van der Waals surface area contributed by atoms with E-state index in [0.29, 0.717) is 5.02 Å². The summed E-state index contributed by atoms with van der Waals surface area (Å²) in [4.78, 5) is 9.18. The monoisotopic (exact) mass is 407 g/mol. The molecule has 1 spiro atoms. The third-order valence-electron chi connectivity index (χ3n) is 5.95. The molecule has 140 valence electrons. The van der Waals surface area contributed by atoms with Crippen molar-refractivity contribution in [2.45, 2.75) is 23.8 Å². The van der Waals surface area contributed by atoms with Gasteiger partial charge in [0.1, 0.15) is 0 Å². The largest absolute Gasteiger partial charge is 0.309 e. The lowest BCUT2D eigenvalue weighted by atomic mass is 9.60. The van der Waals surface area contributed by atoms with E-state index in [9.17, 15) is 0 Å². The summed E-state index contributed by atoms with van der Waals surface area (Å²) < 4.78 is 0. The first kappa shape index (κ1) is 17.9. The molecule has 2 aromatic carbocycles. The molecule has 3 atom stereocenters. The number of benzene rings is 2. The molecule has 3 nitrogen and oxygen atoms in total. The lowest BCUT2D eigenvalue weighted by Crippen LogP contribution is -2.51. The molecule has 3 heterocycles. The highest BCUT2D eigenvalue weighted by Crippen LogP contribution is 2.56. The zero-order valence-electron chi connectivity index (χ0n) is 15.1. The topological polar surface area (TPSA) is 37.3 Å². The first-order valence-electron chi connectivity index (χ1n) is 9.42. The summed E-state index contributed by atoms with van der Waals surface area (Å²) in [5, 5.41) is 5.20. The molecule has 3 aromatic rings. The minimum absolute atomic E-state index is 0.0603. The summed E-state index contributed by atoms with van der Waals surface area (Å²) in [6.45, 7) is 0.912. The van der Waals surface area contributed by atoms with E-state index in [1.165, 1.54) is 11.1 Å². The summed E-state index contributed by atoms with van der Waals surface area (Å²) in [6.07, 6.45) is 6.86. The van der Waals surface area contributed by atoms with E-state index in [0.717, 1.165) is 29.2 Å². The van der Waals surface area contributed by atoms with Crippen LogP contribution in [0.3, 0.4) is 0 Å². The Morgan fingerprint density at radius 2 is 1.82 bits per heavy atom. The van der Waals surface area contributed by atoms with Crippen molar-refractivity contribution in [2.75, 3.05) is 6.54 Å². The number of aromatic nitrogens is 1. The van der Waals surface area contributed by atoms with Crippen molar-refractivity contribution in [1.82, 2.24) is 10.3 Å². The van der Waals surface area contributed by atoms with E-state index in [-0.39, 0.29) is 17.4 Å². The number of rotatable bonds is 2. The number of piperidine rings is 1. The van der Waals surface area contributed by atoms with Crippen molar-refractivity contribution in [1.29, 1.82) is 0 Å². The van der Waals surface area contributed by atoms with Crippen molar-refractivity contribution in [2.24, 2.45) is 4.99 Å². The van der Waals surface area contributed by atoms with Gasteiger partial charge in [-0.25, -0.2) is 0 Å². The molecule has 28 heavy (non-hydrogen) atoms. The number of hydrogen-bond donors (Lipinski definition) is 1. The Bertz CT molecular complexity index is 1050. The molecule has 0 radical (unpaired) electrons. The number of nitrogens with zero attached hydrogens (tertiary/aromatic N) is 2. The third-order valence-corrected chi connectivity index (χ3v) is 6.42. The van der Waals surface area contributed by atoms with Gasteiger partial charge in [-0.15, -0.1) is 0 Å². The van der Waals surface area contributed by atoms with Crippen LogP contribution < -0.4 is 5.32 Å². The van der Waals surface area contributed by atoms with Crippen molar-refractivity contribution in [3.8, 4) is 0 Å². The fourth-order valence-corrected chi connectivity index (χ4v) is 5.18. The molecule has 1 saturated heterocycles. The first-order valence-corrected chi connectivity index (χ1v) is 10.2. The van der Waals surface area contributed by atoms with Gasteiger partial charge in [-0.3, -0.25) is 9.98 Å². The van der Waals surface area contributed by atoms with Crippen LogP contribution in [0.4, 0.5) is 5.69 Å². The van der Waals surface area contributed by atoms with Crippen LogP contribution in [-0.4, -0.2) is 17.7 Å². The minimum Gasteiger partial charge on any atom is -0.309 e. The Hall–Kier alpha value is -2.20. The van der Waals surface area contributed by atoms with Crippen LogP contribution in [0.5, 0.6) is 0 Å². The van der Waals surface area contributed by atoms with Crippen LogP contribution in [-0.2, 0) is 5.41 Å². The van der Waals surface area contributed by atoms with Crippen molar-refractivity contribution in [3.63, 3.8) is 0 Å². The second-order valence-electron chi connectivity index (χ2n) is 7.42. The Balaban J connectivity index is 1.74. The third kappa shape index (κ3) is 2.77. The van der Waals surface area contributed by atoms with Crippen LogP contribution in [0.25, 0.3) is 0 Å². The Morgan fingerprint density at radius 3 is 2.64 bits per heavy atom. The highest BCUT2D eigenvalue weighted by Gasteiger charge is 2.52. The number of pyridine rings is 1. The number of nitrogens with one attached hydrogen (secondary N) is 1. The zero-order valence-corrected chi connectivity index (χ0v) is 16.7. The zero-order chi connectivity index (χ0) is 19.1. The summed E-state index contributed by atoms with van der Waals surface area (Å²) in [5.74, 6) is 0.240. The van der Waals surface area contributed by atoms with Crippen molar-refractivity contribution in [3.05, 3.63) is 93.7 Å². The number of hydrogen-bond acceptors (Lipinski definition) is 3. The molecule has 0 amide bonds. The lowest BCUT2D eigenvalue weighted by Gasteiger charge is -2.47. The normalized spacial score (nSPS) is 25.8. The molecular weight excluding hydrogens is 389 g/mol. The summed E-state index contributed by atoms with van der Waals surface area (Å²) >= 11 is 12.6. The number of aliphatic imine (C=N–C) groups is 1. The van der Waals surface area contributed by atoms with Gasteiger partial charge in [0.25, 0.3) is 0 Å². The van der Waals surface area contributed by atoms with Crippen LogP contribution >= 0.6 is 23.2 Å². The molecule has 1 N–H and O–H groups in total. The van der Waals surface area contributed by atoms with E-state index in [1.54, 1.807) is 0 Å². The Kier molecular flexibility index (Phi) is 4.47. The maximum atomic E-state index is 6.36. The average molecular weight is 408 g/mol. The number of fused-ring (bicyclic) bond motifs is 2. The van der Waals surface area contributed by atoms with Gasteiger partial charge >= 0.3 is 0 Å². The van der Waals surface area contributed by atoms with Crippen molar-refractivity contribution >= 4 is 35.1 Å². The van der Waals surface area contributed by atoms with E-state index < -0.39 is 0 Å². The predicted molar refractivity (Wildman–Crippen MR) is 115 cm³/mol. The maximum absolute atomic E-state index is 6.36. The fourth-order valence-electron chi connectivity index (χ4n) is 4.82. The van der Waals surface area contributed by atoms with Crippen molar-refractivity contribution < 1.29 is 0 Å². The SMILES string of the molecule is Clc1cccc([C@@H]2CCN[C@H](c3cccnc3)[C@@]23C=Nc2cc(Cl)ccc23)c1. The minimum atomic E-state index is -0.327. The molecule has 0 bridgehead atoms. The molecule has 2 aliphatic heterocycles. The van der Waals surface area contributed by atoms with Gasteiger partial charge in [-0.05, 0) is 60.0 Å². The number of halogens is 2. The summed E-state index contributed by atoms with van der Waals surface area (Å²) in [7, 11) is 0. The van der Waals surface area contributed by atoms with E-state index >= 15 is 0 Å². The quantitative estimate of drug-likeness (QED) is 0.577. The van der Waals surface area contributed by atoms with E-state index in [2.05, 4.69) is 40.8 Å². The van der Waals surface area contributed by atoms with E-state index in [4.69, 9.17) is 28.2 Å². The second kappa shape index (κ2) is 7.00. The van der Waals surface area contributed by atoms with Crippen LogP contribution in [0.2, 0.25) is 10.0 Å².